The molecule has 122 valence electrons. The van der Waals surface area contributed by atoms with Gasteiger partial charge < -0.3 is 20.0 Å². The summed E-state index contributed by atoms with van der Waals surface area (Å²) < 4.78 is 0. The Hall–Kier alpha value is -2.31. The molecule has 22 heavy (non-hydrogen) atoms. The van der Waals surface area contributed by atoms with E-state index >= 15 is 0 Å². The number of hydrogen-bond acceptors (Lipinski definition) is 4. The van der Waals surface area contributed by atoms with Gasteiger partial charge in [0.05, 0.1) is 12.5 Å². The molecule has 0 aliphatic carbocycles. The molecule has 2 N–H and O–H groups in total. The Kier molecular flexibility index (Phi) is 7.74. The van der Waals surface area contributed by atoms with E-state index in [4.69, 9.17) is 5.11 Å². The Balaban J connectivity index is 0.000000346. The second kappa shape index (κ2) is 9.59. The molecule has 1 aliphatic rings. The molecule has 1 amide bonds. The Labute approximate surface area is 130 Å². The van der Waals surface area contributed by atoms with Crippen molar-refractivity contribution in [2.75, 3.05) is 27.2 Å². The van der Waals surface area contributed by atoms with E-state index in [1.165, 1.54) is 46.0 Å². The lowest BCUT2D eigenvalue weighted by Gasteiger charge is -2.15. The summed E-state index contributed by atoms with van der Waals surface area (Å²) in [5.41, 5.74) is 0.583. The van der Waals surface area contributed by atoms with Crippen LogP contribution < -0.4 is 0 Å². The summed E-state index contributed by atoms with van der Waals surface area (Å²) in [5, 5.41) is 17.4. The number of aliphatic imine (C=N–C) groups is 1. The summed E-state index contributed by atoms with van der Waals surface area (Å²) in [6.07, 6.45) is 9.05. The molecule has 1 saturated heterocycles. The third-order valence-electron chi connectivity index (χ3n) is 3.16. The SMILES string of the molecule is CN(C)C(=O)O.Oc1cnccc1/N=C/N1CCCCCC1. The second-order valence-electron chi connectivity index (χ2n) is 5.24. The predicted octanol–water partition coefficient (Wildman–Crippen LogP) is 2.55. The van der Waals surface area contributed by atoms with Gasteiger partial charge in [-0.25, -0.2) is 9.79 Å². The number of amides is 1. The van der Waals surface area contributed by atoms with Crippen molar-refractivity contribution in [3.63, 3.8) is 0 Å². The number of aromatic nitrogens is 1. The molecule has 7 nitrogen and oxygen atoms in total. The highest BCUT2D eigenvalue weighted by Crippen LogP contribution is 2.23. The van der Waals surface area contributed by atoms with Gasteiger partial charge in [-0.15, -0.1) is 0 Å². The molecule has 0 radical (unpaired) electrons. The van der Waals surface area contributed by atoms with Crippen molar-refractivity contribution in [3.8, 4) is 5.75 Å². The van der Waals surface area contributed by atoms with Crippen molar-refractivity contribution in [2.24, 2.45) is 4.99 Å². The standard InChI is InChI=1S/C12H17N3O.C3H7NO2/c16-12-9-13-6-5-11(12)14-10-15-7-3-1-2-4-8-15;1-4(2)3(5)6/h5-6,9-10,16H,1-4,7-8H2;1-2H3,(H,5,6)/b14-10+;. The van der Waals surface area contributed by atoms with Crippen LogP contribution in [-0.2, 0) is 0 Å². The Morgan fingerprint density at radius 2 is 1.91 bits per heavy atom. The van der Waals surface area contributed by atoms with Gasteiger partial charge in [0, 0.05) is 33.4 Å². The van der Waals surface area contributed by atoms with Crippen LogP contribution in [0.4, 0.5) is 10.5 Å². The highest BCUT2D eigenvalue weighted by molar-refractivity contribution is 5.64. The third-order valence-corrected chi connectivity index (χ3v) is 3.16. The highest BCUT2D eigenvalue weighted by Gasteiger charge is 2.05. The van der Waals surface area contributed by atoms with Gasteiger partial charge in [-0.05, 0) is 18.9 Å². The fraction of sp³-hybridized carbons (Fsp3) is 0.533. The maximum atomic E-state index is 9.62. The fourth-order valence-corrected chi connectivity index (χ4v) is 1.84. The zero-order chi connectivity index (χ0) is 16.4. The molecule has 0 saturated carbocycles. The van der Waals surface area contributed by atoms with Crippen LogP contribution in [0.2, 0.25) is 0 Å². The number of rotatable bonds is 2. The van der Waals surface area contributed by atoms with Crippen molar-refractivity contribution < 1.29 is 15.0 Å². The van der Waals surface area contributed by atoms with Crippen molar-refractivity contribution >= 4 is 18.1 Å². The molecule has 2 heterocycles. The molecule has 2 rings (SSSR count). The first-order valence-electron chi connectivity index (χ1n) is 7.32. The molecule has 0 spiro atoms. The molecule has 1 aromatic heterocycles. The summed E-state index contributed by atoms with van der Waals surface area (Å²) in [5.74, 6) is 0.133. The lowest BCUT2D eigenvalue weighted by Crippen LogP contribution is -2.22. The largest absolute Gasteiger partial charge is 0.504 e. The fourth-order valence-electron chi connectivity index (χ4n) is 1.84. The topological polar surface area (TPSA) is 89.3 Å². The van der Waals surface area contributed by atoms with Gasteiger partial charge in [0.15, 0.2) is 5.75 Å². The van der Waals surface area contributed by atoms with Crippen molar-refractivity contribution in [1.29, 1.82) is 0 Å². The van der Waals surface area contributed by atoms with Crippen LogP contribution in [-0.4, -0.2) is 64.6 Å². The first-order chi connectivity index (χ1) is 10.5. The summed E-state index contributed by atoms with van der Waals surface area (Å²) in [4.78, 5) is 21.0. The first kappa shape index (κ1) is 17.7. The summed E-state index contributed by atoms with van der Waals surface area (Å²) >= 11 is 0. The van der Waals surface area contributed by atoms with Gasteiger partial charge in [0.1, 0.15) is 5.69 Å². The number of carboxylic acid groups (broad SMARTS) is 1. The van der Waals surface area contributed by atoms with E-state index in [1.807, 2.05) is 6.34 Å². The normalized spacial score (nSPS) is 14.9. The number of likely N-dealkylation sites (tertiary alicyclic amines) is 1. The van der Waals surface area contributed by atoms with E-state index in [1.54, 1.807) is 12.3 Å². The molecule has 0 aromatic carbocycles. The predicted molar refractivity (Wildman–Crippen MR) is 85.8 cm³/mol. The van der Waals surface area contributed by atoms with Crippen LogP contribution in [0, 0.1) is 0 Å². The molecule has 1 aromatic rings. The Morgan fingerprint density at radius 3 is 2.41 bits per heavy atom. The summed E-state index contributed by atoms with van der Waals surface area (Å²) in [6.45, 7) is 2.13. The van der Waals surface area contributed by atoms with E-state index in [2.05, 4.69) is 14.9 Å². The maximum absolute atomic E-state index is 9.62. The number of aromatic hydroxyl groups is 1. The minimum absolute atomic E-state index is 0.133. The average Bonchev–Trinajstić information content (AvgIpc) is 2.75. The smallest absolute Gasteiger partial charge is 0.406 e. The molecule has 0 unspecified atom stereocenters. The van der Waals surface area contributed by atoms with Crippen LogP contribution in [0.15, 0.2) is 23.5 Å². The quantitative estimate of drug-likeness (QED) is 0.647. The molecular weight excluding hydrogens is 284 g/mol. The van der Waals surface area contributed by atoms with E-state index in [0.29, 0.717) is 5.69 Å². The van der Waals surface area contributed by atoms with Gasteiger partial charge >= 0.3 is 6.09 Å². The summed E-state index contributed by atoms with van der Waals surface area (Å²) in [6, 6.07) is 1.71. The van der Waals surface area contributed by atoms with Crippen molar-refractivity contribution in [2.45, 2.75) is 25.7 Å². The second-order valence-corrected chi connectivity index (χ2v) is 5.24. The Bertz CT molecular complexity index is 483. The van der Waals surface area contributed by atoms with Crippen LogP contribution in [0.3, 0.4) is 0 Å². The third kappa shape index (κ3) is 6.92. The van der Waals surface area contributed by atoms with E-state index in [0.717, 1.165) is 18.0 Å². The minimum Gasteiger partial charge on any atom is -0.504 e. The number of pyridine rings is 1. The number of nitrogens with zero attached hydrogens (tertiary/aromatic N) is 4. The highest BCUT2D eigenvalue weighted by atomic mass is 16.4. The molecule has 7 heteroatoms. The van der Waals surface area contributed by atoms with Crippen molar-refractivity contribution in [3.05, 3.63) is 18.5 Å². The van der Waals surface area contributed by atoms with Gasteiger partial charge in [0.2, 0.25) is 0 Å². The van der Waals surface area contributed by atoms with Crippen LogP contribution >= 0.6 is 0 Å². The molecule has 0 bridgehead atoms. The minimum atomic E-state index is -0.907. The van der Waals surface area contributed by atoms with Crippen LogP contribution in [0.5, 0.6) is 5.75 Å². The maximum Gasteiger partial charge on any atom is 0.406 e. The van der Waals surface area contributed by atoms with Crippen LogP contribution in [0.25, 0.3) is 0 Å². The van der Waals surface area contributed by atoms with E-state index < -0.39 is 6.09 Å². The van der Waals surface area contributed by atoms with Crippen molar-refractivity contribution in [1.82, 2.24) is 14.8 Å². The van der Waals surface area contributed by atoms with Gasteiger partial charge in [-0.3, -0.25) is 4.98 Å². The number of hydrogen-bond donors (Lipinski definition) is 2. The molecule has 0 atom stereocenters. The molecule has 1 aliphatic heterocycles. The molecular formula is C15H24N4O3. The van der Waals surface area contributed by atoms with Gasteiger partial charge in [0.25, 0.3) is 0 Å². The van der Waals surface area contributed by atoms with Gasteiger partial charge in [-0.1, -0.05) is 12.8 Å². The van der Waals surface area contributed by atoms with Crippen LogP contribution in [0.1, 0.15) is 25.7 Å². The van der Waals surface area contributed by atoms with E-state index in [-0.39, 0.29) is 5.75 Å². The lowest BCUT2D eigenvalue weighted by atomic mass is 10.2. The zero-order valence-corrected chi connectivity index (χ0v) is 13.1. The summed E-state index contributed by atoms with van der Waals surface area (Å²) in [7, 11) is 2.95. The Morgan fingerprint density at radius 1 is 1.32 bits per heavy atom. The lowest BCUT2D eigenvalue weighted by molar-refractivity contribution is 0.165. The van der Waals surface area contributed by atoms with Gasteiger partial charge in [-0.2, -0.15) is 0 Å². The molecule has 1 fully saturated rings. The zero-order valence-electron chi connectivity index (χ0n) is 13.1. The first-order valence-corrected chi connectivity index (χ1v) is 7.32. The monoisotopic (exact) mass is 308 g/mol. The number of carbonyl (C=O) groups is 1. The average molecular weight is 308 g/mol. The van der Waals surface area contributed by atoms with E-state index in [9.17, 15) is 9.90 Å².